The summed E-state index contributed by atoms with van der Waals surface area (Å²) >= 11 is 1.88. The number of thiazole rings is 1. The number of nitrogens with one attached hydrogen (secondary N) is 1. The van der Waals surface area contributed by atoms with Crippen LogP contribution in [0.5, 0.6) is 0 Å². The number of hydrogen-bond donors (Lipinski definition) is 1. The first-order valence-corrected chi connectivity index (χ1v) is 8.81. The quantitative estimate of drug-likeness (QED) is 0.836. The van der Waals surface area contributed by atoms with Crippen LogP contribution in [0, 0.1) is 11.8 Å². The Morgan fingerprint density at radius 1 is 1.45 bits per heavy atom. The zero-order valence-corrected chi connectivity index (χ0v) is 14.2. The summed E-state index contributed by atoms with van der Waals surface area (Å²) < 4.78 is 0. The number of nitrogens with zero attached hydrogens (tertiary/aromatic N) is 2. The molecule has 1 saturated heterocycles. The van der Waals surface area contributed by atoms with Gasteiger partial charge in [-0.1, -0.05) is 20.8 Å². The molecule has 1 aromatic heterocycles. The van der Waals surface area contributed by atoms with Crippen LogP contribution in [-0.2, 0) is 6.42 Å². The van der Waals surface area contributed by atoms with Gasteiger partial charge in [-0.15, -0.1) is 11.3 Å². The van der Waals surface area contributed by atoms with Gasteiger partial charge in [-0.3, -0.25) is 4.90 Å². The molecule has 1 aliphatic rings. The van der Waals surface area contributed by atoms with Crippen LogP contribution in [0.4, 0.5) is 0 Å². The summed E-state index contributed by atoms with van der Waals surface area (Å²) in [7, 11) is 0. The van der Waals surface area contributed by atoms with Crippen molar-refractivity contribution < 1.29 is 0 Å². The highest BCUT2D eigenvalue weighted by Gasteiger charge is 2.27. The van der Waals surface area contributed by atoms with Crippen LogP contribution in [0.2, 0.25) is 0 Å². The molecule has 0 amide bonds. The van der Waals surface area contributed by atoms with Crippen molar-refractivity contribution >= 4 is 11.3 Å². The van der Waals surface area contributed by atoms with Crippen molar-refractivity contribution in [2.45, 2.75) is 46.6 Å². The highest BCUT2D eigenvalue weighted by atomic mass is 32.1. The topological polar surface area (TPSA) is 28.2 Å². The number of aryl methyl sites for hydroxylation is 1. The third kappa shape index (κ3) is 4.27. The van der Waals surface area contributed by atoms with Crippen molar-refractivity contribution in [3.05, 3.63) is 16.1 Å². The maximum absolute atomic E-state index is 4.60. The van der Waals surface area contributed by atoms with E-state index in [0.29, 0.717) is 6.04 Å². The Morgan fingerprint density at radius 3 is 2.90 bits per heavy atom. The molecular formula is C16H29N3S. The second-order valence-corrected chi connectivity index (χ2v) is 7.54. The van der Waals surface area contributed by atoms with Crippen LogP contribution in [-0.4, -0.2) is 36.1 Å². The van der Waals surface area contributed by atoms with Crippen LogP contribution < -0.4 is 5.32 Å². The van der Waals surface area contributed by atoms with E-state index in [4.69, 9.17) is 0 Å². The second kappa shape index (κ2) is 7.53. The molecule has 2 unspecified atom stereocenters. The fraction of sp³-hybridized carbons (Fsp3) is 0.812. The van der Waals surface area contributed by atoms with Crippen LogP contribution in [0.3, 0.4) is 0 Å². The van der Waals surface area contributed by atoms with Gasteiger partial charge in [0.05, 0.1) is 6.04 Å². The van der Waals surface area contributed by atoms with Crippen molar-refractivity contribution in [2.75, 3.05) is 26.2 Å². The molecule has 0 spiro atoms. The summed E-state index contributed by atoms with van der Waals surface area (Å²) in [5.41, 5.74) is 0. The maximum atomic E-state index is 4.60. The highest BCUT2D eigenvalue weighted by Crippen LogP contribution is 2.29. The van der Waals surface area contributed by atoms with Gasteiger partial charge in [0.1, 0.15) is 5.01 Å². The first-order chi connectivity index (χ1) is 9.60. The van der Waals surface area contributed by atoms with Crippen LogP contribution in [0.1, 0.15) is 50.0 Å². The van der Waals surface area contributed by atoms with E-state index in [9.17, 15) is 0 Å². The summed E-state index contributed by atoms with van der Waals surface area (Å²) in [5.74, 6) is 1.55. The Kier molecular flexibility index (Phi) is 6.00. The monoisotopic (exact) mass is 295 g/mol. The molecular weight excluding hydrogens is 266 g/mol. The number of aromatic nitrogens is 1. The second-order valence-electron chi connectivity index (χ2n) is 6.40. The Labute approximate surface area is 127 Å². The van der Waals surface area contributed by atoms with E-state index in [1.165, 1.54) is 35.9 Å². The molecule has 2 rings (SSSR count). The van der Waals surface area contributed by atoms with Gasteiger partial charge < -0.3 is 5.32 Å². The van der Waals surface area contributed by atoms with Gasteiger partial charge in [0.2, 0.25) is 0 Å². The van der Waals surface area contributed by atoms with Crippen molar-refractivity contribution in [3.8, 4) is 0 Å². The zero-order chi connectivity index (χ0) is 14.5. The third-order valence-electron chi connectivity index (χ3n) is 4.13. The van der Waals surface area contributed by atoms with Gasteiger partial charge in [-0.05, 0) is 51.2 Å². The molecule has 1 aliphatic heterocycles. The van der Waals surface area contributed by atoms with Gasteiger partial charge in [0, 0.05) is 17.6 Å². The van der Waals surface area contributed by atoms with Gasteiger partial charge in [-0.2, -0.15) is 0 Å². The molecule has 20 heavy (non-hydrogen) atoms. The van der Waals surface area contributed by atoms with E-state index in [0.717, 1.165) is 24.8 Å². The number of likely N-dealkylation sites (tertiary alicyclic amines) is 1. The van der Waals surface area contributed by atoms with Gasteiger partial charge in [0.15, 0.2) is 0 Å². The smallest absolute Gasteiger partial charge is 0.110 e. The normalized spacial score (nSPS) is 21.8. The first-order valence-electron chi connectivity index (χ1n) is 7.99. The predicted molar refractivity (Wildman–Crippen MR) is 87.3 cm³/mol. The minimum absolute atomic E-state index is 0.482. The lowest BCUT2D eigenvalue weighted by Gasteiger charge is -2.22. The van der Waals surface area contributed by atoms with E-state index in [2.05, 4.69) is 42.9 Å². The summed E-state index contributed by atoms with van der Waals surface area (Å²) in [6.45, 7) is 13.8. The molecule has 0 bridgehead atoms. The Hall–Kier alpha value is -0.450. The minimum atomic E-state index is 0.482. The summed E-state index contributed by atoms with van der Waals surface area (Å²) in [4.78, 5) is 8.60. The molecule has 114 valence electrons. The van der Waals surface area contributed by atoms with Crippen molar-refractivity contribution in [1.29, 1.82) is 0 Å². The molecule has 0 radical (unpaired) electrons. The zero-order valence-electron chi connectivity index (χ0n) is 13.4. The van der Waals surface area contributed by atoms with Crippen LogP contribution in [0.25, 0.3) is 0 Å². The lowest BCUT2D eigenvalue weighted by Crippen LogP contribution is -2.29. The molecule has 2 heterocycles. The average Bonchev–Trinajstić information content (AvgIpc) is 3.06. The molecule has 1 aromatic rings. The predicted octanol–water partition coefficient (Wildman–Crippen LogP) is 3.33. The Bertz CT molecular complexity index is 402. The van der Waals surface area contributed by atoms with E-state index in [1.807, 2.05) is 17.5 Å². The molecule has 4 heteroatoms. The minimum Gasteiger partial charge on any atom is -0.316 e. The third-order valence-corrected chi connectivity index (χ3v) is 5.44. The number of hydrogen-bond acceptors (Lipinski definition) is 4. The largest absolute Gasteiger partial charge is 0.316 e. The van der Waals surface area contributed by atoms with E-state index in [-0.39, 0.29) is 0 Å². The first kappa shape index (κ1) is 15.9. The molecule has 1 fully saturated rings. The van der Waals surface area contributed by atoms with E-state index in [1.54, 1.807) is 0 Å². The standard InChI is InChI=1S/C16H29N3S/c1-5-15-10-18-16(20-15)13(4)19-7-6-14(11-19)9-17-8-12(2)3/h10,12-14,17H,5-9,11H2,1-4H3. The summed E-state index contributed by atoms with van der Waals surface area (Å²) in [5, 5.41) is 4.89. The van der Waals surface area contributed by atoms with Gasteiger partial charge >= 0.3 is 0 Å². The van der Waals surface area contributed by atoms with Crippen molar-refractivity contribution in [2.24, 2.45) is 11.8 Å². The van der Waals surface area contributed by atoms with Gasteiger partial charge in [-0.25, -0.2) is 4.98 Å². The molecule has 3 nitrogen and oxygen atoms in total. The molecule has 0 aromatic carbocycles. The average molecular weight is 295 g/mol. The number of rotatable bonds is 7. The molecule has 0 aliphatic carbocycles. The summed E-state index contributed by atoms with van der Waals surface area (Å²) in [6.07, 6.45) is 4.47. The molecule has 2 atom stereocenters. The molecule has 1 N–H and O–H groups in total. The Morgan fingerprint density at radius 2 is 2.25 bits per heavy atom. The van der Waals surface area contributed by atoms with E-state index < -0.39 is 0 Å². The van der Waals surface area contributed by atoms with Crippen LogP contribution >= 0.6 is 11.3 Å². The highest BCUT2D eigenvalue weighted by molar-refractivity contribution is 7.11. The van der Waals surface area contributed by atoms with E-state index >= 15 is 0 Å². The Balaban J connectivity index is 1.79. The maximum Gasteiger partial charge on any atom is 0.110 e. The summed E-state index contributed by atoms with van der Waals surface area (Å²) in [6, 6.07) is 0.482. The fourth-order valence-corrected chi connectivity index (χ4v) is 3.74. The molecule has 0 saturated carbocycles. The fourth-order valence-electron chi connectivity index (χ4n) is 2.79. The SMILES string of the molecule is CCc1cnc(C(C)N2CCC(CNCC(C)C)C2)s1. The lowest BCUT2D eigenvalue weighted by molar-refractivity contribution is 0.251. The van der Waals surface area contributed by atoms with Crippen molar-refractivity contribution in [1.82, 2.24) is 15.2 Å². The van der Waals surface area contributed by atoms with Crippen molar-refractivity contribution in [3.63, 3.8) is 0 Å². The van der Waals surface area contributed by atoms with Gasteiger partial charge in [0.25, 0.3) is 0 Å². The lowest BCUT2D eigenvalue weighted by atomic mass is 10.1. The van der Waals surface area contributed by atoms with Crippen LogP contribution in [0.15, 0.2) is 6.20 Å².